The molecule has 0 unspecified atom stereocenters. The second-order valence-electron chi connectivity index (χ2n) is 4.68. The topological polar surface area (TPSA) is 45.2 Å². The third-order valence-corrected chi connectivity index (χ3v) is 4.96. The quantitative estimate of drug-likeness (QED) is 0.945. The molecule has 6 heteroatoms. The van der Waals surface area contributed by atoms with Gasteiger partial charge in [0.05, 0.1) is 12.1 Å². The lowest BCUT2D eigenvalue weighted by atomic mass is 10.2. The van der Waals surface area contributed by atoms with Crippen molar-refractivity contribution in [3.63, 3.8) is 0 Å². The van der Waals surface area contributed by atoms with Gasteiger partial charge in [0.15, 0.2) is 5.13 Å². The number of nitrogens with zero attached hydrogens (tertiary/aromatic N) is 2. The summed E-state index contributed by atoms with van der Waals surface area (Å²) in [5.41, 5.74) is 1.15. The highest BCUT2D eigenvalue weighted by molar-refractivity contribution is 7.15. The average Bonchev–Trinajstić information content (AvgIpc) is 2.97. The number of hydrogen-bond acceptors (Lipinski definition) is 5. The van der Waals surface area contributed by atoms with E-state index < -0.39 is 0 Å². The number of fused-ring (bicyclic) bond motifs is 1. The summed E-state index contributed by atoms with van der Waals surface area (Å²) in [5.74, 6) is 0.0156. The van der Waals surface area contributed by atoms with Gasteiger partial charge in [-0.3, -0.25) is 4.79 Å². The first-order valence-corrected chi connectivity index (χ1v) is 7.89. The highest BCUT2D eigenvalue weighted by Gasteiger charge is 2.19. The van der Waals surface area contributed by atoms with E-state index in [0.717, 1.165) is 35.2 Å². The molecule has 0 atom stereocenters. The Labute approximate surface area is 120 Å². The molecule has 4 nitrogen and oxygen atoms in total. The summed E-state index contributed by atoms with van der Waals surface area (Å²) >= 11 is 3.20. The monoisotopic (exact) mass is 293 g/mol. The molecule has 0 fully saturated rings. The van der Waals surface area contributed by atoms with E-state index in [9.17, 15) is 4.79 Å². The number of thiophene rings is 1. The Kier molecular flexibility index (Phi) is 3.63. The van der Waals surface area contributed by atoms with Crippen LogP contribution in [0.3, 0.4) is 0 Å². The molecular formula is C13H15N3OS2. The van der Waals surface area contributed by atoms with Crippen LogP contribution in [0.1, 0.15) is 15.4 Å². The van der Waals surface area contributed by atoms with Gasteiger partial charge >= 0.3 is 0 Å². The second-order valence-corrected chi connectivity index (χ2v) is 6.80. The number of aromatic nitrogens is 1. The molecular weight excluding hydrogens is 278 g/mol. The Morgan fingerprint density at radius 2 is 2.47 bits per heavy atom. The van der Waals surface area contributed by atoms with Gasteiger partial charge in [-0.15, -0.1) is 22.7 Å². The van der Waals surface area contributed by atoms with Crippen LogP contribution in [0.4, 0.5) is 5.13 Å². The van der Waals surface area contributed by atoms with Crippen molar-refractivity contribution in [2.24, 2.45) is 0 Å². The largest absolute Gasteiger partial charge is 0.302 e. The summed E-state index contributed by atoms with van der Waals surface area (Å²) in [6, 6.07) is 3.94. The van der Waals surface area contributed by atoms with Crippen molar-refractivity contribution in [1.82, 2.24) is 9.88 Å². The van der Waals surface area contributed by atoms with Crippen molar-refractivity contribution >= 4 is 33.7 Å². The smallest absolute Gasteiger partial charge is 0.231 e. The summed E-state index contributed by atoms with van der Waals surface area (Å²) in [5, 5.41) is 5.63. The highest BCUT2D eigenvalue weighted by atomic mass is 32.1. The Morgan fingerprint density at radius 1 is 1.58 bits per heavy atom. The number of nitrogens with one attached hydrogen (secondary N) is 1. The third-order valence-electron chi connectivity index (χ3n) is 3.08. The van der Waals surface area contributed by atoms with Crippen LogP contribution >= 0.6 is 22.7 Å². The summed E-state index contributed by atoms with van der Waals surface area (Å²) < 4.78 is 0. The zero-order valence-electron chi connectivity index (χ0n) is 10.7. The molecule has 0 aliphatic carbocycles. The van der Waals surface area contributed by atoms with Crippen LogP contribution in [0.25, 0.3) is 0 Å². The minimum atomic E-state index is 0.0156. The van der Waals surface area contributed by atoms with Gasteiger partial charge in [-0.2, -0.15) is 0 Å². The van der Waals surface area contributed by atoms with Crippen LogP contribution < -0.4 is 5.32 Å². The fraction of sp³-hybridized carbons (Fsp3) is 0.385. The van der Waals surface area contributed by atoms with Crippen molar-refractivity contribution in [3.8, 4) is 0 Å². The SMILES string of the molecule is CN1CCc2nc(NC(=O)Cc3cccs3)sc2C1. The molecule has 0 radical (unpaired) electrons. The fourth-order valence-electron chi connectivity index (χ4n) is 2.11. The van der Waals surface area contributed by atoms with E-state index in [0.29, 0.717) is 6.42 Å². The fourth-order valence-corrected chi connectivity index (χ4v) is 3.92. The van der Waals surface area contributed by atoms with Gasteiger partial charge in [0, 0.05) is 29.3 Å². The maximum absolute atomic E-state index is 11.9. The maximum atomic E-state index is 11.9. The number of thiazole rings is 1. The molecule has 1 N–H and O–H groups in total. The molecule has 0 saturated heterocycles. The predicted molar refractivity (Wildman–Crippen MR) is 78.8 cm³/mol. The van der Waals surface area contributed by atoms with Crippen LogP contribution in [0.15, 0.2) is 17.5 Å². The zero-order valence-corrected chi connectivity index (χ0v) is 12.3. The molecule has 1 amide bonds. The van der Waals surface area contributed by atoms with Crippen molar-refractivity contribution in [1.29, 1.82) is 0 Å². The van der Waals surface area contributed by atoms with Crippen molar-refractivity contribution in [3.05, 3.63) is 33.0 Å². The molecule has 19 heavy (non-hydrogen) atoms. The summed E-state index contributed by atoms with van der Waals surface area (Å²) in [6.07, 6.45) is 1.41. The van der Waals surface area contributed by atoms with E-state index in [1.807, 2.05) is 17.5 Å². The first kappa shape index (κ1) is 12.8. The molecule has 1 aliphatic heterocycles. The molecule has 0 bridgehead atoms. The van der Waals surface area contributed by atoms with Crippen LogP contribution in [0.2, 0.25) is 0 Å². The standard InChI is InChI=1S/C13H15N3OS2/c1-16-5-4-10-11(8-16)19-13(14-10)15-12(17)7-9-3-2-6-18-9/h2-3,6H,4-5,7-8H2,1H3,(H,14,15,17). The number of amides is 1. The number of likely N-dealkylation sites (N-methyl/N-ethyl adjacent to an activating group) is 1. The van der Waals surface area contributed by atoms with Gasteiger partial charge in [-0.25, -0.2) is 4.98 Å². The van der Waals surface area contributed by atoms with E-state index in [-0.39, 0.29) is 5.91 Å². The average molecular weight is 293 g/mol. The summed E-state index contributed by atoms with van der Waals surface area (Å²) in [7, 11) is 2.11. The first-order valence-electron chi connectivity index (χ1n) is 6.20. The second kappa shape index (κ2) is 5.40. The van der Waals surface area contributed by atoms with Gasteiger partial charge in [-0.05, 0) is 18.5 Å². The molecule has 1 aliphatic rings. The van der Waals surface area contributed by atoms with E-state index in [2.05, 4.69) is 22.2 Å². The Morgan fingerprint density at radius 3 is 3.26 bits per heavy atom. The number of carbonyl (C=O) groups is 1. The number of hydrogen-bond donors (Lipinski definition) is 1. The molecule has 0 saturated carbocycles. The number of anilines is 1. The minimum absolute atomic E-state index is 0.0156. The molecule has 100 valence electrons. The van der Waals surface area contributed by atoms with Gasteiger partial charge in [0.2, 0.25) is 5.91 Å². The molecule has 2 aromatic rings. The molecule has 0 aromatic carbocycles. The van der Waals surface area contributed by atoms with Crippen molar-refractivity contribution in [2.75, 3.05) is 18.9 Å². The normalized spacial score (nSPS) is 15.2. The lowest BCUT2D eigenvalue weighted by Gasteiger charge is -2.20. The van der Waals surface area contributed by atoms with Crippen molar-refractivity contribution in [2.45, 2.75) is 19.4 Å². The van der Waals surface area contributed by atoms with Gasteiger partial charge in [0.25, 0.3) is 0 Å². The van der Waals surface area contributed by atoms with Crippen molar-refractivity contribution < 1.29 is 4.79 Å². The molecule has 3 rings (SSSR count). The van der Waals surface area contributed by atoms with Crippen LogP contribution in [-0.2, 0) is 24.2 Å². The van der Waals surface area contributed by atoms with Gasteiger partial charge in [0.1, 0.15) is 0 Å². The summed E-state index contributed by atoms with van der Waals surface area (Å²) in [6.45, 7) is 1.98. The molecule has 0 spiro atoms. The Balaban J connectivity index is 1.65. The number of carbonyl (C=O) groups excluding carboxylic acids is 1. The third kappa shape index (κ3) is 3.02. The van der Waals surface area contributed by atoms with Crippen LogP contribution in [-0.4, -0.2) is 29.4 Å². The Hall–Kier alpha value is -1.24. The van der Waals surface area contributed by atoms with E-state index in [1.54, 1.807) is 22.7 Å². The van der Waals surface area contributed by atoms with Gasteiger partial charge < -0.3 is 10.2 Å². The predicted octanol–water partition coefficient (Wildman–Crippen LogP) is 2.37. The van der Waals surface area contributed by atoms with E-state index in [1.165, 1.54) is 4.88 Å². The number of rotatable bonds is 3. The van der Waals surface area contributed by atoms with Crippen LogP contribution in [0.5, 0.6) is 0 Å². The first-order chi connectivity index (χ1) is 9.20. The lowest BCUT2D eigenvalue weighted by molar-refractivity contribution is -0.115. The lowest BCUT2D eigenvalue weighted by Crippen LogP contribution is -2.25. The summed E-state index contributed by atoms with van der Waals surface area (Å²) in [4.78, 5) is 21.1. The Bertz CT molecular complexity index is 577. The molecule has 2 aromatic heterocycles. The van der Waals surface area contributed by atoms with E-state index in [4.69, 9.17) is 0 Å². The highest BCUT2D eigenvalue weighted by Crippen LogP contribution is 2.27. The minimum Gasteiger partial charge on any atom is -0.302 e. The maximum Gasteiger partial charge on any atom is 0.231 e. The van der Waals surface area contributed by atoms with E-state index >= 15 is 0 Å². The van der Waals surface area contributed by atoms with Crippen LogP contribution in [0, 0.1) is 0 Å². The zero-order chi connectivity index (χ0) is 13.2. The van der Waals surface area contributed by atoms with Gasteiger partial charge in [-0.1, -0.05) is 6.07 Å². The molecule has 3 heterocycles.